The van der Waals surface area contributed by atoms with Gasteiger partial charge in [0.2, 0.25) is 0 Å². The molecule has 2 fully saturated rings. The third-order valence-corrected chi connectivity index (χ3v) is 2.55. The lowest BCUT2D eigenvalue weighted by molar-refractivity contribution is 0.125. The van der Waals surface area contributed by atoms with Gasteiger partial charge in [0, 0.05) is 6.04 Å². The van der Waals surface area contributed by atoms with Crippen molar-refractivity contribution in [1.29, 1.82) is 0 Å². The molecule has 1 aliphatic heterocycles. The minimum atomic E-state index is 0.742. The van der Waals surface area contributed by atoms with Crippen molar-refractivity contribution in [2.24, 2.45) is 0 Å². The highest BCUT2D eigenvalue weighted by Gasteiger charge is 2.22. The molecule has 0 aromatic rings. The van der Waals surface area contributed by atoms with E-state index in [1.165, 1.54) is 32.1 Å². The Morgan fingerprint density at radius 3 is 2.55 bits per heavy atom. The quantitative estimate of drug-likeness (QED) is 0.504. The highest BCUT2D eigenvalue weighted by atomic mass is 15.9. The van der Waals surface area contributed by atoms with E-state index in [1.807, 2.05) is 0 Å². The second-order valence-electron chi connectivity index (χ2n) is 3.33. The van der Waals surface area contributed by atoms with E-state index >= 15 is 0 Å². The van der Waals surface area contributed by atoms with Crippen molar-refractivity contribution >= 4 is 0 Å². The fraction of sp³-hybridized carbons (Fsp3) is 1.00. The van der Waals surface area contributed by atoms with Gasteiger partial charge in [-0.05, 0) is 12.8 Å². The van der Waals surface area contributed by atoms with Crippen LogP contribution in [0.15, 0.2) is 0 Å². The first kappa shape index (κ1) is 7.49. The summed E-state index contributed by atoms with van der Waals surface area (Å²) >= 11 is 0. The van der Waals surface area contributed by atoms with E-state index in [4.69, 9.17) is 0 Å². The molecule has 64 valence electrons. The van der Waals surface area contributed by atoms with Gasteiger partial charge in [0.05, 0.1) is 6.67 Å². The fourth-order valence-corrected chi connectivity index (χ4v) is 1.89. The third kappa shape index (κ3) is 1.70. The van der Waals surface area contributed by atoms with Gasteiger partial charge in [0.25, 0.3) is 0 Å². The van der Waals surface area contributed by atoms with E-state index in [1.54, 1.807) is 0 Å². The van der Waals surface area contributed by atoms with Crippen LogP contribution in [0.25, 0.3) is 0 Å². The van der Waals surface area contributed by atoms with Crippen LogP contribution in [0.1, 0.15) is 32.1 Å². The molecule has 0 unspecified atom stereocenters. The lowest BCUT2D eigenvalue weighted by Gasteiger charge is -2.28. The Balaban J connectivity index is 1.82. The molecule has 0 amide bonds. The minimum absolute atomic E-state index is 0.742. The lowest BCUT2D eigenvalue weighted by atomic mass is 9.95. The van der Waals surface area contributed by atoms with Gasteiger partial charge < -0.3 is 0 Å². The SMILES string of the molecule is C1CCC(N2CNNN2)CC1. The van der Waals surface area contributed by atoms with Gasteiger partial charge in [-0.25, -0.2) is 10.4 Å². The average molecular weight is 156 g/mol. The second kappa shape index (κ2) is 3.49. The van der Waals surface area contributed by atoms with Crippen molar-refractivity contribution in [3.63, 3.8) is 0 Å². The molecular formula is C7H16N4. The maximum absolute atomic E-state index is 3.10. The highest BCUT2D eigenvalue weighted by molar-refractivity contribution is 4.73. The molecule has 2 rings (SSSR count). The summed E-state index contributed by atoms with van der Waals surface area (Å²) in [5, 5.41) is 2.25. The van der Waals surface area contributed by atoms with Crippen LogP contribution in [-0.4, -0.2) is 17.7 Å². The van der Waals surface area contributed by atoms with Gasteiger partial charge in [-0.15, -0.1) is 0 Å². The number of nitrogens with one attached hydrogen (secondary N) is 3. The molecule has 0 aromatic carbocycles. The van der Waals surface area contributed by atoms with Gasteiger partial charge in [-0.1, -0.05) is 19.3 Å². The summed E-state index contributed by atoms with van der Waals surface area (Å²) in [4.78, 5) is 0. The fourth-order valence-electron chi connectivity index (χ4n) is 1.89. The van der Waals surface area contributed by atoms with E-state index in [0.29, 0.717) is 0 Å². The Hall–Kier alpha value is -0.160. The molecule has 1 saturated heterocycles. The predicted molar refractivity (Wildman–Crippen MR) is 43.0 cm³/mol. The average Bonchev–Trinajstić information content (AvgIpc) is 2.58. The van der Waals surface area contributed by atoms with Crippen LogP contribution in [0.3, 0.4) is 0 Å². The summed E-state index contributed by atoms with van der Waals surface area (Å²) in [5.74, 6) is 0. The molecule has 1 heterocycles. The summed E-state index contributed by atoms with van der Waals surface area (Å²) in [6.45, 7) is 0.921. The second-order valence-corrected chi connectivity index (χ2v) is 3.33. The van der Waals surface area contributed by atoms with Crippen LogP contribution in [0.5, 0.6) is 0 Å². The highest BCUT2D eigenvalue weighted by Crippen LogP contribution is 2.21. The van der Waals surface area contributed by atoms with Crippen LogP contribution >= 0.6 is 0 Å². The Kier molecular flexibility index (Phi) is 2.38. The topological polar surface area (TPSA) is 39.3 Å². The van der Waals surface area contributed by atoms with Crippen molar-refractivity contribution in [3.8, 4) is 0 Å². The molecule has 1 aliphatic carbocycles. The molecule has 0 atom stereocenters. The van der Waals surface area contributed by atoms with Gasteiger partial charge in [-0.3, -0.25) is 0 Å². The molecule has 2 aliphatic rings. The first-order chi connectivity index (χ1) is 5.47. The van der Waals surface area contributed by atoms with Gasteiger partial charge >= 0.3 is 0 Å². The van der Waals surface area contributed by atoms with E-state index in [-0.39, 0.29) is 0 Å². The Morgan fingerprint density at radius 1 is 1.09 bits per heavy atom. The smallest absolute Gasteiger partial charge is 0.0781 e. The zero-order chi connectivity index (χ0) is 7.52. The van der Waals surface area contributed by atoms with Crippen LogP contribution in [-0.2, 0) is 0 Å². The summed E-state index contributed by atoms with van der Waals surface area (Å²) in [6.07, 6.45) is 6.89. The zero-order valence-electron chi connectivity index (χ0n) is 6.77. The van der Waals surface area contributed by atoms with Crippen molar-refractivity contribution in [3.05, 3.63) is 0 Å². The molecule has 0 radical (unpaired) electrons. The van der Waals surface area contributed by atoms with Crippen molar-refractivity contribution in [2.75, 3.05) is 6.67 Å². The van der Waals surface area contributed by atoms with E-state index < -0.39 is 0 Å². The first-order valence-corrected chi connectivity index (χ1v) is 4.47. The molecular weight excluding hydrogens is 140 g/mol. The molecule has 3 N–H and O–H groups in total. The molecule has 0 aromatic heterocycles. The van der Waals surface area contributed by atoms with Crippen LogP contribution < -0.4 is 16.5 Å². The zero-order valence-corrected chi connectivity index (χ0v) is 6.77. The van der Waals surface area contributed by atoms with Crippen molar-refractivity contribution in [2.45, 2.75) is 38.1 Å². The Bertz CT molecular complexity index is 116. The number of hydrazine groups is 3. The minimum Gasteiger partial charge on any atom is -0.227 e. The predicted octanol–water partition coefficient (Wildman–Crippen LogP) is 0.106. The van der Waals surface area contributed by atoms with Crippen LogP contribution in [0.4, 0.5) is 0 Å². The van der Waals surface area contributed by atoms with E-state index in [0.717, 1.165) is 12.7 Å². The van der Waals surface area contributed by atoms with E-state index in [9.17, 15) is 0 Å². The molecule has 4 nitrogen and oxygen atoms in total. The Morgan fingerprint density at radius 2 is 1.91 bits per heavy atom. The lowest BCUT2D eigenvalue weighted by Crippen LogP contribution is -2.44. The molecule has 1 saturated carbocycles. The summed E-state index contributed by atoms with van der Waals surface area (Å²) in [5.41, 5.74) is 9.03. The maximum atomic E-state index is 3.10. The molecule has 11 heavy (non-hydrogen) atoms. The Labute approximate surface area is 67.2 Å². The van der Waals surface area contributed by atoms with E-state index in [2.05, 4.69) is 21.5 Å². The maximum Gasteiger partial charge on any atom is 0.0781 e. The van der Waals surface area contributed by atoms with Gasteiger partial charge in [0.15, 0.2) is 0 Å². The molecule has 0 spiro atoms. The largest absolute Gasteiger partial charge is 0.227 e. The standard InChI is InChI=1S/C7H16N4/c1-2-4-7(5-3-1)11-6-8-9-10-11/h7-10H,1-6H2. The number of hydrogen-bond acceptors (Lipinski definition) is 4. The number of rotatable bonds is 1. The van der Waals surface area contributed by atoms with Crippen molar-refractivity contribution in [1.82, 2.24) is 21.5 Å². The summed E-state index contributed by atoms with van der Waals surface area (Å²) < 4.78 is 0. The summed E-state index contributed by atoms with van der Waals surface area (Å²) in [6, 6.07) is 0.742. The monoisotopic (exact) mass is 156 g/mol. The number of nitrogens with zero attached hydrogens (tertiary/aromatic N) is 1. The molecule has 4 heteroatoms. The first-order valence-electron chi connectivity index (χ1n) is 4.47. The molecule has 0 bridgehead atoms. The normalized spacial score (nSPS) is 29.5. The van der Waals surface area contributed by atoms with Crippen molar-refractivity contribution < 1.29 is 0 Å². The van der Waals surface area contributed by atoms with Crippen LogP contribution in [0, 0.1) is 0 Å². The summed E-state index contributed by atoms with van der Waals surface area (Å²) in [7, 11) is 0. The number of hydrogen-bond donors (Lipinski definition) is 3. The van der Waals surface area contributed by atoms with Gasteiger partial charge in [0.1, 0.15) is 0 Å². The third-order valence-electron chi connectivity index (χ3n) is 2.55. The van der Waals surface area contributed by atoms with Crippen LogP contribution in [0.2, 0.25) is 0 Å². The van der Waals surface area contributed by atoms with Gasteiger partial charge in [-0.2, -0.15) is 11.1 Å².